The van der Waals surface area contributed by atoms with Crippen LogP contribution in [0.3, 0.4) is 0 Å². The summed E-state index contributed by atoms with van der Waals surface area (Å²) in [6.45, 7) is 6.55. The molecule has 1 unspecified atom stereocenters. The van der Waals surface area contributed by atoms with E-state index in [4.69, 9.17) is 0 Å². The lowest BCUT2D eigenvalue weighted by Gasteiger charge is -2.42. The molecule has 2 amide bonds. The van der Waals surface area contributed by atoms with Gasteiger partial charge in [0.15, 0.2) is 0 Å². The molecule has 0 saturated carbocycles. The monoisotopic (exact) mass is 623 g/mol. The van der Waals surface area contributed by atoms with E-state index in [0.717, 1.165) is 42.5 Å². The van der Waals surface area contributed by atoms with Crippen molar-refractivity contribution in [1.29, 1.82) is 0 Å². The molecule has 2 aromatic carbocycles. The fourth-order valence-corrected chi connectivity index (χ4v) is 6.13. The second kappa shape index (κ2) is 12.8. The van der Waals surface area contributed by atoms with Gasteiger partial charge in [-0.1, -0.05) is 25.1 Å². The molecule has 2 aliphatic rings. The standard InChI is InChI=1S/C31H35F6N5O2/c1-2-7-39-8-11-41(12-9-39)28(43)20-40-10-13-42(25(19-40)16-22-18-38-27-6-4-3-5-26(22)27)29(44)21-14-23(30(32,33)34)17-24(15-21)31(35,36)37/h3-6,14-15,17-18,25,38H,2,7-13,16,19-20H2,1H3. The van der Waals surface area contributed by atoms with Crippen LogP contribution in [-0.2, 0) is 23.6 Å². The van der Waals surface area contributed by atoms with Crippen molar-refractivity contribution in [3.05, 3.63) is 70.9 Å². The first kappa shape index (κ1) is 31.8. The second-order valence-corrected chi connectivity index (χ2v) is 11.5. The fourth-order valence-electron chi connectivity index (χ4n) is 6.13. The maximum atomic E-state index is 13.7. The Morgan fingerprint density at radius 1 is 0.864 bits per heavy atom. The lowest BCUT2D eigenvalue weighted by molar-refractivity contribution is -0.143. The van der Waals surface area contributed by atoms with Gasteiger partial charge in [-0.3, -0.25) is 19.4 Å². The molecule has 7 nitrogen and oxygen atoms in total. The van der Waals surface area contributed by atoms with Crippen LogP contribution in [0.15, 0.2) is 48.7 Å². The van der Waals surface area contributed by atoms with Gasteiger partial charge in [-0.05, 0) is 49.2 Å². The van der Waals surface area contributed by atoms with Crippen molar-refractivity contribution in [2.75, 3.05) is 58.9 Å². The van der Waals surface area contributed by atoms with Crippen molar-refractivity contribution < 1.29 is 35.9 Å². The number of nitrogens with one attached hydrogen (secondary N) is 1. The van der Waals surface area contributed by atoms with E-state index in [2.05, 4.69) is 16.8 Å². The van der Waals surface area contributed by atoms with Crippen molar-refractivity contribution in [2.24, 2.45) is 0 Å². The number of alkyl halides is 6. The zero-order valence-corrected chi connectivity index (χ0v) is 24.3. The van der Waals surface area contributed by atoms with Crippen LogP contribution < -0.4 is 0 Å². The molecule has 2 aliphatic heterocycles. The van der Waals surface area contributed by atoms with Gasteiger partial charge in [0, 0.05) is 74.5 Å². The number of amides is 2. The molecule has 3 aromatic rings. The summed E-state index contributed by atoms with van der Waals surface area (Å²) in [5.74, 6) is -0.955. The number of hydrogen-bond donors (Lipinski definition) is 1. The van der Waals surface area contributed by atoms with Gasteiger partial charge in [0.2, 0.25) is 5.91 Å². The predicted octanol–water partition coefficient (Wildman–Crippen LogP) is 5.13. The minimum atomic E-state index is -5.07. The maximum absolute atomic E-state index is 13.7. The third-order valence-electron chi connectivity index (χ3n) is 8.42. The quantitative estimate of drug-likeness (QED) is 0.371. The van der Waals surface area contributed by atoms with Crippen molar-refractivity contribution in [2.45, 2.75) is 38.2 Å². The zero-order chi connectivity index (χ0) is 31.6. The number of carbonyl (C=O) groups is 2. The largest absolute Gasteiger partial charge is 0.416 e. The normalized spacial score (nSPS) is 19.1. The average Bonchev–Trinajstić information content (AvgIpc) is 3.39. The molecule has 3 heterocycles. The Kier molecular flexibility index (Phi) is 9.26. The Balaban J connectivity index is 1.39. The number of aromatic nitrogens is 1. The van der Waals surface area contributed by atoms with Crippen LogP contribution in [-0.4, -0.2) is 101 Å². The van der Waals surface area contributed by atoms with Crippen LogP contribution >= 0.6 is 0 Å². The summed E-state index contributed by atoms with van der Waals surface area (Å²) < 4.78 is 81.4. The van der Waals surface area contributed by atoms with Crippen LogP contribution in [0.5, 0.6) is 0 Å². The fraction of sp³-hybridized carbons (Fsp3) is 0.484. The van der Waals surface area contributed by atoms with E-state index in [-0.39, 0.29) is 38.2 Å². The Morgan fingerprint density at radius 3 is 2.14 bits per heavy atom. The zero-order valence-electron chi connectivity index (χ0n) is 24.3. The summed E-state index contributed by atoms with van der Waals surface area (Å²) in [4.78, 5) is 37.5. The molecule has 1 aromatic heterocycles. The molecular formula is C31H35F6N5O2. The van der Waals surface area contributed by atoms with E-state index < -0.39 is 41.0 Å². The summed E-state index contributed by atoms with van der Waals surface area (Å²) >= 11 is 0. The maximum Gasteiger partial charge on any atom is 0.416 e. The van der Waals surface area contributed by atoms with Crippen LogP contribution in [0, 0.1) is 0 Å². The number of fused-ring (bicyclic) bond motifs is 1. The van der Waals surface area contributed by atoms with Gasteiger partial charge in [-0.25, -0.2) is 0 Å². The summed E-state index contributed by atoms with van der Waals surface area (Å²) in [6, 6.07) is 7.88. The lowest BCUT2D eigenvalue weighted by atomic mass is 9.98. The molecule has 5 rings (SSSR count). The number of para-hydroxylation sites is 1. The van der Waals surface area contributed by atoms with Crippen LogP contribution in [0.1, 0.15) is 40.4 Å². The van der Waals surface area contributed by atoms with Crippen molar-refractivity contribution >= 4 is 22.7 Å². The molecule has 44 heavy (non-hydrogen) atoms. The van der Waals surface area contributed by atoms with Crippen molar-refractivity contribution in [3.8, 4) is 0 Å². The number of H-pyrrole nitrogens is 1. The molecule has 2 saturated heterocycles. The third-order valence-corrected chi connectivity index (χ3v) is 8.42. The van der Waals surface area contributed by atoms with Gasteiger partial charge in [0.1, 0.15) is 0 Å². The molecular weight excluding hydrogens is 588 g/mol. The lowest BCUT2D eigenvalue weighted by Crippen LogP contribution is -2.58. The number of hydrogen-bond acceptors (Lipinski definition) is 4. The Labute approximate surface area is 251 Å². The molecule has 1 atom stereocenters. The van der Waals surface area contributed by atoms with Gasteiger partial charge >= 0.3 is 12.4 Å². The van der Waals surface area contributed by atoms with E-state index in [1.807, 2.05) is 34.1 Å². The highest BCUT2D eigenvalue weighted by molar-refractivity contribution is 5.95. The van der Waals surface area contributed by atoms with Gasteiger partial charge in [0.25, 0.3) is 5.91 Å². The molecule has 2 fully saturated rings. The molecule has 0 bridgehead atoms. The van der Waals surface area contributed by atoms with E-state index >= 15 is 0 Å². The topological polar surface area (TPSA) is 62.9 Å². The average molecular weight is 624 g/mol. The van der Waals surface area contributed by atoms with Crippen LogP contribution in [0.2, 0.25) is 0 Å². The SMILES string of the molecule is CCCN1CCN(C(=O)CN2CCN(C(=O)c3cc(C(F)(F)F)cc(C(F)(F)F)c3)C(Cc3c[nH]c4ccccc34)C2)CC1. The van der Waals surface area contributed by atoms with Gasteiger partial charge < -0.3 is 14.8 Å². The molecule has 0 spiro atoms. The highest BCUT2D eigenvalue weighted by Crippen LogP contribution is 2.37. The van der Waals surface area contributed by atoms with E-state index in [9.17, 15) is 35.9 Å². The molecule has 0 aliphatic carbocycles. The summed E-state index contributed by atoms with van der Waals surface area (Å²) in [5, 5.41) is 0.900. The number of halogens is 6. The Hall–Kier alpha value is -3.58. The second-order valence-electron chi connectivity index (χ2n) is 11.5. The van der Waals surface area contributed by atoms with Gasteiger partial charge in [-0.2, -0.15) is 26.3 Å². The number of carbonyl (C=O) groups excluding carboxylic acids is 2. The van der Waals surface area contributed by atoms with Gasteiger partial charge in [0.05, 0.1) is 17.7 Å². The van der Waals surface area contributed by atoms with E-state index in [1.54, 1.807) is 6.20 Å². The van der Waals surface area contributed by atoms with Crippen molar-refractivity contribution in [3.63, 3.8) is 0 Å². The Bertz CT molecular complexity index is 1450. The van der Waals surface area contributed by atoms with Crippen LogP contribution in [0.25, 0.3) is 10.9 Å². The number of aromatic amines is 1. The molecule has 1 N–H and O–H groups in total. The first-order chi connectivity index (χ1) is 20.8. The number of piperazine rings is 2. The van der Waals surface area contributed by atoms with Gasteiger partial charge in [-0.15, -0.1) is 0 Å². The predicted molar refractivity (Wildman–Crippen MR) is 153 cm³/mol. The minimum absolute atomic E-state index is 0.0197. The number of nitrogens with zero attached hydrogens (tertiary/aromatic N) is 4. The summed E-state index contributed by atoms with van der Waals surface area (Å²) in [6.07, 6.45) is -7.02. The molecule has 0 radical (unpaired) electrons. The molecule has 238 valence electrons. The Morgan fingerprint density at radius 2 is 1.50 bits per heavy atom. The van der Waals surface area contributed by atoms with E-state index in [0.29, 0.717) is 31.6 Å². The third kappa shape index (κ3) is 7.20. The van der Waals surface area contributed by atoms with E-state index in [1.165, 1.54) is 4.90 Å². The summed E-state index contributed by atoms with van der Waals surface area (Å²) in [5.41, 5.74) is -2.04. The molecule has 13 heteroatoms. The summed E-state index contributed by atoms with van der Waals surface area (Å²) in [7, 11) is 0. The highest BCUT2D eigenvalue weighted by Gasteiger charge is 2.39. The number of benzene rings is 2. The first-order valence-electron chi connectivity index (χ1n) is 14.7. The van der Waals surface area contributed by atoms with Crippen molar-refractivity contribution in [1.82, 2.24) is 24.6 Å². The smallest absolute Gasteiger partial charge is 0.361 e. The first-order valence-corrected chi connectivity index (χ1v) is 14.7. The highest BCUT2D eigenvalue weighted by atomic mass is 19.4. The minimum Gasteiger partial charge on any atom is -0.361 e. The number of rotatable bonds is 7. The van der Waals surface area contributed by atoms with Crippen LogP contribution in [0.4, 0.5) is 26.3 Å².